The second kappa shape index (κ2) is 29.8. The van der Waals surface area contributed by atoms with Crippen LogP contribution in [0.5, 0.6) is 0 Å². The molecule has 0 aliphatic heterocycles. The smallest absolute Gasteiger partial charge is 0.171 e. The molecule has 0 heterocycles. The first-order valence-electron chi connectivity index (χ1n) is 2.44. The molecule has 0 spiro atoms. The monoisotopic (exact) mass is 310 g/mol. The molecule has 0 bridgehead atoms. The Morgan fingerprint density at radius 1 is 1.00 bits per heavy atom. The van der Waals surface area contributed by atoms with Gasteiger partial charge in [0.25, 0.3) is 0 Å². The van der Waals surface area contributed by atoms with Crippen molar-refractivity contribution in [1.82, 2.24) is 0 Å². The maximum Gasteiger partial charge on any atom is -0.171 e. The minimum Gasteiger partial charge on any atom is -0.184 e. The zero-order chi connectivity index (χ0) is 8.24. The molecule has 2 atom stereocenters. The largest absolute Gasteiger partial charge is 0.184 e. The molecule has 0 aliphatic rings. The molecule has 12 heavy (non-hydrogen) atoms. The van der Waals surface area contributed by atoms with Crippen LogP contribution < -0.4 is 0 Å². The third kappa shape index (κ3) is 22.4. The van der Waals surface area contributed by atoms with Crippen LogP contribution >= 0.6 is 29.5 Å². The van der Waals surface area contributed by atoms with E-state index in [2.05, 4.69) is 28.9 Å². The number of rotatable bonds is 0. The van der Waals surface area contributed by atoms with Crippen molar-refractivity contribution < 1.29 is 17.3 Å². The zero-order valence-electron chi connectivity index (χ0n) is 6.80. The van der Waals surface area contributed by atoms with Crippen LogP contribution in [0.3, 0.4) is 0 Å². The number of halogens is 1. The van der Waals surface area contributed by atoms with Gasteiger partial charge < -0.3 is 6.58 Å². The molecule has 72 valence electrons. The Kier molecular flexibility index (Phi) is 57.1. The van der Waals surface area contributed by atoms with Gasteiger partial charge in [-0.15, -0.1) is 0 Å². The standard InChI is InChI=1S/C6H5.C2H3.ClH.2H3P.Rh/c1-2-4-6-5-3-1;1-2;;;;/h1-5H;1H,2H2;1H;2*1H3;/q2*-1;;;;+3/p-1. The molecular weight excluding hydrogens is 296 g/mol. The maximum atomic E-state index is 4.53. The van der Waals surface area contributed by atoms with Gasteiger partial charge in [-0.1, -0.05) is 0 Å². The van der Waals surface area contributed by atoms with Gasteiger partial charge in [-0.25, -0.2) is 0 Å². The molecule has 1 aromatic carbocycles. The van der Waals surface area contributed by atoms with Crippen molar-refractivity contribution in [3.05, 3.63) is 49.6 Å². The van der Waals surface area contributed by atoms with Crippen molar-refractivity contribution in [2.24, 2.45) is 0 Å². The Balaban J connectivity index is -0.0000000480. The molecule has 0 N–H and O–H groups in total. The van der Waals surface area contributed by atoms with E-state index in [1.807, 2.05) is 47.6 Å². The van der Waals surface area contributed by atoms with E-state index in [4.69, 9.17) is 0 Å². The predicted octanol–water partition coefficient (Wildman–Crippen LogP) is 2.90. The summed E-state index contributed by atoms with van der Waals surface area (Å²) in [5.74, 6) is 0. The van der Waals surface area contributed by atoms with Gasteiger partial charge in [-0.05, 0) is 0 Å². The van der Waals surface area contributed by atoms with E-state index >= 15 is 0 Å². The predicted molar refractivity (Wildman–Crippen MR) is 63.3 cm³/mol. The van der Waals surface area contributed by atoms with Gasteiger partial charge >= 0.3 is 27.0 Å². The number of hydrogen-bond acceptors (Lipinski definition) is 0. The third-order valence-electron chi connectivity index (χ3n) is 0.607. The summed E-state index contributed by atoms with van der Waals surface area (Å²) in [4.78, 5) is 0. The Morgan fingerprint density at radius 2 is 1.33 bits per heavy atom. The fraction of sp³-hybridized carbons (Fsp3) is 0. The summed E-state index contributed by atoms with van der Waals surface area (Å²) < 4.78 is 0. The van der Waals surface area contributed by atoms with Gasteiger partial charge in [0.05, 0.1) is 0 Å². The van der Waals surface area contributed by atoms with Crippen LogP contribution in [0.15, 0.2) is 36.9 Å². The van der Waals surface area contributed by atoms with Gasteiger partial charge in [0.15, 0.2) is 0 Å². The van der Waals surface area contributed by atoms with E-state index in [1.54, 1.807) is 0 Å². The Hall–Kier alpha value is 0.733. The third-order valence-corrected chi connectivity index (χ3v) is 0.607. The van der Waals surface area contributed by atoms with E-state index < -0.39 is 0 Å². The minimum atomic E-state index is 0. The molecule has 1 aromatic rings. The van der Waals surface area contributed by atoms with Gasteiger partial charge in [0.1, 0.15) is 0 Å². The van der Waals surface area contributed by atoms with Crippen molar-refractivity contribution in [3.8, 4) is 0 Å². The van der Waals surface area contributed by atoms with E-state index in [9.17, 15) is 0 Å². The van der Waals surface area contributed by atoms with Gasteiger partial charge in [-0.3, -0.25) is 6.58 Å². The van der Waals surface area contributed by atoms with Crippen LogP contribution in [0.4, 0.5) is 0 Å². The molecule has 0 aromatic heterocycles. The normalized spacial score (nSPS) is 4.83. The molecule has 4 heteroatoms. The first-order chi connectivity index (χ1) is 5.00. The molecule has 0 saturated carbocycles. The molecule has 0 radical (unpaired) electrons. The Morgan fingerprint density at radius 3 is 1.42 bits per heavy atom. The van der Waals surface area contributed by atoms with Crippen LogP contribution in [0.2, 0.25) is 0 Å². The van der Waals surface area contributed by atoms with E-state index in [1.165, 1.54) is 0 Å². The molecule has 1 rings (SSSR count). The summed E-state index contributed by atoms with van der Waals surface area (Å²) in [7, 11) is 4.53. The van der Waals surface area contributed by atoms with Crippen LogP contribution in [-0.4, -0.2) is 0 Å². The molecule has 0 saturated heterocycles. The summed E-state index contributed by atoms with van der Waals surface area (Å²) in [5.41, 5.74) is 0. The topological polar surface area (TPSA) is 0 Å². The summed E-state index contributed by atoms with van der Waals surface area (Å²) in [6.07, 6.45) is 0. The average molecular weight is 311 g/mol. The summed E-state index contributed by atoms with van der Waals surface area (Å²) in [6.45, 7) is 7.00. The SMILES string of the molecule is P.P.[CH-]=C.[Cl][Rh+2].[c-]1ccccc1. The molecule has 2 unspecified atom stereocenters. The zero-order valence-corrected chi connectivity index (χ0v) is 12.0. The number of hydrogen-bond donors (Lipinski definition) is 0. The molecule has 0 aliphatic carbocycles. The number of benzene rings is 1. The maximum absolute atomic E-state index is 4.53. The second-order valence-electron chi connectivity index (χ2n) is 1.08. The molecule has 0 amide bonds. The first-order valence-corrected chi connectivity index (χ1v) is 4.55. The van der Waals surface area contributed by atoms with Gasteiger partial charge in [0.2, 0.25) is 0 Å². The van der Waals surface area contributed by atoms with Gasteiger partial charge in [-0.2, -0.15) is 56.2 Å². The molecule has 0 fully saturated rings. The van der Waals surface area contributed by atoms with Crippen molar-refractivity contribution in [3.63, 3.8) is 0 Å². The van der Waals surface area contributed by atoms with E-state index in [-0.39, 0.29) is 19.8 Å². The van der Waals surface area contributed by atoms with Crippen LogP contribution in [0.25, 0.3) is 0 Å². The fourth-order valence-electron chi connectivity index (χ4n) is 0.342. The fourth-order valence-corrected chi connectivity index (χ4v) is 0.342. The van der Waals surface area contributed by atoms with E-state index in [0.29, 0.717) is 0 Å². The Labute approximate surface area is 96.1 Å². The molecule has 0 nitrogen and oxygen atoms in total. The minimum absolute atomic E-state index is 0. The summed E-state index contributed by atoms with van der Waals surface area (Å²) in [5, 5.41) is 0. The van der Waals surface area contributed by atoms with Crippen LogP contribution in [-0.2, 0) is 17.3 Å². The van der Waals surface area contributed by atoms with Crippen molar-refractivity contribution in [2.75, 3.05) is 0 Å². The van der Waals surface area contributed by atoms with Crippen LogP contribution in [0.1, 0.15) is 0 Å². The Bertz CT molecular complexity index is 99.9. The summed E-state index contributed by atoms with van der Waals surface area (Å²) >= 11 is 2.02. The van der Waals surface area contributed by atoms with Crippen molar-refractivity contribution >= 4 is 29.5 Å². The second-order valence-corrected chi connectivity index (χ2v) is 1.08. The quantitative estimate of drug-likeness (QED) is 0.393. The first kappa shape index (κ1) is 23.0. The van der Waals surface area contributed by atoms with Gasteiger partial charge in [0, 0.05) is 0 Å². The van der Waals surface area contributed by atoms with Crippen molar-refractivity contribution in [2.45, 2.75) is 0 Å². The molecular formula is C8H14ClP2Rh. The van der Waals surface area contributed by atoms with Crippen molar-refractivity contribution in [1.29, 1.82) is 0 Å². The summed E-state index contributed by atoms with van der Waals surface area (Å²) in [6, 6.07) is 12.5. The van der Waals surface area contributed by atoms with Crippen LogP contribution in [0, 0.1) is 12.6 Å². The average Bonchev–Trinajstić information content (AvgIpc) is 2.14. The van der Waals surface area contributed by atoms with E-state index in [0.717, 1.165) is 0 Å².